The molecule has 112 valence electrons. The first-order valence-corrected chi connectivity index (χ1v) is 6.45. The molecule has 0 radical (unpaired) electrons. The predicted octanol–water partition coefficient (Wildman–Crippen LogP) is -0.369. The lowest BCUT2D eigenvalue weighted by atomic mass is 10.4. The second kappa shape index (κ2) is 6.31. The van der Waals surface area contributed by atoms with Gasteiger partial charge in [0.1, 0.15) is 0 Å². The molecule has 0 aliphatic rings. The van der Waals surface area contributed by atoms with Crippen molar-refractivity contribution in [3.8, 4) is 0 Å². The van der Waals surface area contributed by atoms with E-state index >= 15 is 0 Å². The fraction of sp³-hybridized carbons (Fsp3) is 0.385. The first-order chi connectivity index (χ1) is 10.1. The van der Waals surface area contributed by atoms with Gasteiger partial charge in [-0.15, -0.1) is 9.78 Å². The third-order valence-electron chi connectivity index (χ3n) is 3.05. The number of hydrogen-bond donors (Lipinski definition) is 0. The molecule has 8 heteroatoms. The maximum absolute atomic E-state index is 12.2. The molecule has 0 saturated carbocycles. The van der Waals surface area contributed by atoms with Crippen LogP contribution in [0.25, 0.3) is 5.65 Å². The first kappa shape index (κ1) is 14.9. The summed E-state index contributed by atoms with van der Waals surface area (Å²) in [5, 5.41) is 3.97. The molecule has 2 rings (SSSR count). The molecule has 21 heavy (non-hydrogen) atoms. The van der Waals surface area contributed by atoms with Gasteiger partial charge in [-0.2, -0.15) is 0 Å². The molecule has 0 saturated heterocycles. The quantitative estimate of drug-likeness (QED) is 0.699. The van der Waals surface area contributed by atoms with E-state index < -0.39 is 17.6 Å². The van der Waals surface area contributed by atoms with Crippen LogP contribution in [0.15, 0.2) is 29.2 Å². The second-order valence-electron chi connectivity index (χ2n) is 4.40. The van der Waals surface area contributed by atoms with E-state index in [1.165, 1.54) is 11.5 Å². The monoisotopic (exact) mass is 292 g/mol. The lowest BCUT2D eigenvalue weighted by Crippen LogP contribution is -2.40. The van der Waals surface area contributed by atoms with Crippen molar-refractivity contribution >= 4 is 17.5 Å². The zero-order valence-corrected chi connectivity index (χ0v) is 11.9. The maximum atomic E-state index is 12.2. The Balaban J connectivity index is 2.20. The highest BCUT2D eigenvalue weighted by molar-refractivity contribution is 5.81. The van der Waals surface area contributed by atoms with Crippen molar-refractivity contribution in [2.75, 3.05) is 26.7 Å². The van der Waals surface area contributed by atoms with Gasteiger partial charge in [-0.05, 0) is 18.7 Å². The summed E-state index contributed by atoms with van der Waals surface area (Å²) in [6.07, 6.45) is 1.54. The number of aromatic nitrogens is 3. The van der Waals surface area contributed by atoms with E-state index in [1.807, 2.05) is 6.92 Å². The highest BCUT2D eigenvalue weighted by Gasteiger charge is 2.18. The fourth-order valence-electron chi connectivity index (χ4n) is 1.87. The number of pyridine rings is 1. The number of ether oxygens (including phenoxy) is 1. The third kappa shape index (κ3) is 3.16. The van der Waals surface area contributed by atoms with E-state index in [2.05, 4.69) is 9.84 Å². The average molecular weight is 292 g/mol. The Kier molecular flexibility index (Phi) is 4.49. The number of methoxy groups -OCH3 is 1. The molecule has 2 heterocycles. The van der Waals surface area contributed by atoms with Crippen LogP contribution in [0.3, 0.4) is 0 Å². The number of likely N-dealkylation sites (N-methyl/N-ethyl adjacent to an activating group) is 1. The van der Waals surface area contributed by atoms with Crippen LogP contribution < -0.4 is 5.69 Å². The Morgan fingerprint density at radius 3 is 2.71 bits per heavy atom. The van der Waals surface area contributed by atoms with Gasteiger partial charge in [0.25, 0.3) is 5.91 Å². The molecule has 0 aliphatic carbocycles. The second-order valence-corrected chi connectivity index (χ2v) is 4.40. The first-order valence-electron chi connectivity index (χ1n) is 6.45. The number of esters is 1. The van der Waals surface area contributed by atoms with Crippen LogP contribution in [0.1, 0.15) is 11.7 Å². The third-order valence-corrected chi connectivity index (χ3v) is 3.05. The van der Waals surface area contributed by atoms with Gasteiger partial charge >= 0.3 is 11.7 Å². The highest BCUT2D eigenvalue weighted by atomic mass is 16.5. The Morgan fingerprint density at radius 2 is 2.10 bits per heavy atom. The van der Waals surface area contributed by atoms with E-state index in [1.54, 1.807) is 29.3 Å². The van der Waals surface area contributed by atoms with E-state index in [-0.39, 0.29) is 13.1 Å². The summed E-state index contributed by atoms with van der Waals surface area (Å²) in [6.45, 7) is 2.18. The minimum Gasteiger partial charge on any atom is -0.468 e. The molecule has 0 fully saturated rings. The topological polar surface area (TPSA) is 85.9 Å². The SMILES string of the molecule is CCN(CC(=O)OC)CC(=O)n1nc2ccccn2c1=O. The minimum absolute atomic E-state index is 0.0130. The summed E-state index contributed by atoms with van der Waals surface area (Å²) < 4.78 is 6.66. The number of nitrogens with zero attached hydrogens (tertiary/aromatic N) is 4. The molecule has 0 aliphatic heterocycles. The van der Waals surface area contributed by atoms with Gasteiger partial charge in [-0.25, -0.2) is 9.20 Å². The summed E-state index contributed by atoms with van der Waals surface area (Å²) >= 11 is 0. The molecular formula is C13H16N4O4. The van der Waals surface area contributed by atoms with Gasteiger partial charge in [0, 0.05) is 6.20 Å². The smallest absolute Gasteiger partial charge is 0.357 e. The van der Waals surface area contributed by atoms with E-state index in [0.29, 0.717) is 12.2 Å². The molecular weight excluding hydrogens is 276 g/mol. The summed E-state index contributed by atoms with van der Waals surface area (Å²) in [7, 11) is 1.28. The van der Waals surface area contributed by atoms with Gasteiger partial charge in [-0.1, -0.05) is 13.0 Å². The standard InChI is InChI=1S/C13H16N4O4/c1-3-15(9-12(19)21-2)8-11(18)17-13(20)16-7-5-4-6-10(16)14-17/h4-7H,3,8-9H2,1-2H3. The molecule has 2 aromatic heterocycles. The molecule has 0 atom stereocenters. The van der Waals surface area contributed by atoms with Crippen LogP contribution >= 0.6 is 0 Å². The number of carbonyl (C=O) groups is 2. The van der Waals surface area contributed by atoms with Crippen LogP contribution in [0, 0.1) is 0 Å². The van der Waals surface area contributed by atoms with Crippen LogP contribution in [-0.4, -0.2) is 57.7 Å². The molecule has 0 bridgehead atoms. The van der Waals surface area contributed by atoms with Gasteiger partial charge in [0.15, 0.2) is 5.65 Å². The predicted molar refractivity (Wildman–Crippen MR) is 74.2 cm³/mol. The van der Waals surface area contributed by atoms with Crippen LogP contribution in [0.4, 0.5) is 0 Å². The van der Waals surface area contributed by atoms with E-state index in [9.17, 15) is 14.4 Å². The van der Waals surface area contributed by atoms with Crippen LogP contribution in [0.5, 0.6) is 0 Å². The lowest BCUT2D eigenvalue weighted by molar-refractivity contribution is -0.141. The minimum atomic E-state index is -0.523. The van der Waals surface area contributed by atoms with Gasteiger partial charge in [0.2, 0.25) is 0 Å². The number of rotatable bonds is 5. The van der Waals surface area contributed by atoms with Crippen molar-refractivity contribution < 1.29 is 14.3 Å². The average Bonchev–Trinajstić information content (AvgIpc) is 2.84. The number of fused-ring (bicyclic) bond motifs is 1. The van der Waals surface area contributed by atoms with Gasteiger partial charge < -0.3 is 4.74 Å². The largest absolute Gasteiger partial charge is 0.468 e. The molecule has 0 N–H and O–H groups in total. The fourth-order valence-corrected chi connectivity index (χ4v) is 1.87. The molecule has 2 aromatic rings. The number of hydrogen-bond acceptors (Lipinski definition) is 6. The highest BCUT2D eigenvalue weighted by Crippen LogP contribution is 1.96. The molecule has 0 amide bonds. The zero-order valence-electron chi connectivity index (χ0n) is 11.9. The number of carbonyl (C=O) groups excluding carboxylic acids is 2. The van der Waals surface area contributed by atoms with Crippen LogP contribution in [-0.2, 0) is 9.53 Å². The van der Waals surface area contributed by atoms with Crippen molar-refractivity contribution in [3.05, 3.63) is 34.9 Å². The molecule has 0 aromatic carbocycles. The van der Waals surface area contributed by atoms with Crippen molar-refractivity contribution in [1.82, 2.24) is 19.1 Å². The Morgan fingerprint density at radius 1 is 1.33 bits per heavy atom. The van der Waals surface area contributed by atoms with E-state index in [0.717, 1.165) is 4.68 Å². The normalized spacial score (nSPS) is 11.0. The van der Waals surface area contributed by atoms with Crippen LogP contribution in [0.2, 0.25) is 0 Å². The Bertz CT molecular complexity index is 718. The maximum Gasteiger partial charge on any atom is 0.357 e. The van der Waals surface area contributed by atoms with Crippen molar-refractivity contribution in [1.29, 1.82) is 0 Å². The van der Waals surface area contributed by atoms with E-state index in [4.69, 9.17) is 0 Å². The zero-order chi connectivity index (χ0) is 15.4. The Labute approximate surface area is 120 Å². The van der Waals surface area contributed by atoms with Crippen molar-refractivity contribution in [2.24, 2.45) is 0 Å². The Hall–Kier alpha value is -2.48. The summed E-state index contributed by atoms with van der Waals surface area (Å²) in [4.78, 5) is 37.0. The van der Waals surface area contributed by atoms with Crippen molar-refractivity contribution in [2.45, 2.75) is 6.92 Å². The molecule has 0 spiro atoms. The van der Waals surface area contributed by atoms with Gasteiger partial charge in [0.05, 0.1) is 20.2 Å². The summed E-state index contributed by atoms with van der Waals surface area (Å²) in [6, 6.07) is 5.05. The van der Waals surface area contributed by atoms with Crippen molar-refractivity contribution in [3.63, 3.8) is 0 Å². The van der Waals surface area contributed by atoms with Gasteiger partial charge in [-0.3, -0.25) is 14.5 Å². The summed E-state index contributed by atoms with van der Waals surface area (Å²) in [5.74, 6) is -0.929. The molecule has 0 unspecified atom stereocenters. The summed E-state index contributed by atoms with van der Waals surface area (Å²) in [5.41, 5.74) is -0.128. The lowest BCUT2D eigenvalue weighted by Gasteiger charge is -2.17. The molecule has 8 nitrogen and oxygen atoms in total.